The average molecular weight is 278 g/mol. The first-order valence-corrected chi connectivity index (χ1v) is 6.89. The summed E-state index contributed by atoms with van der Waals surface area (Å²) in [5, 5.41) is 0. The number of benzene rings is 1. The van der Waals surface area contributed by atoms with E-state index >= 15 is 0 Å². The molecule has 2 N–H and O–H groups in total. The van der Waals surface area contributed by atoms with E-state index < -0.39 is 0 Å². The summed E-state index contributed by atoms with van der Waals surface area (Å²) >= 11 is 0. The van der Waals surface area contributed by atoms with Crippen molar-refractivity contribution in [2.24, 2.45) is 5.92 Å². The topological polar surface area (TPSA) is 64.8 Å². The number of hydrogen-bond donors (Lipinski definition) is 1. The van der Waals surface area contributed by atoms with Crippen molar-refractivity contribution in [2.75, 3.05) is 44.5 Å². The third-order valence-corrected chi connectivity index (χ3v) is 3.73. The number of carbonyl (C=O) groups excluding carboxylic acids is 1. The molecule has 0 amide bonds. The van der Waals surface area contributed by atoms with Gasteiger partial charge < -0.3 is 20.1 Å². The van der Waals surface area contributed by atoms with E-state index in [4.69, 9.17) is 15.2 Å². The van der Waals surface area contributed by atoms with Gasteiger partial charge in [0.15, 0.2) is 0 Å². The van der Waals surface area contributed by atoms with Crippen molar-refractivity contribution in [1.29, 1.82) is 0 Å². The first kappa shape index (κ1) is 14.7. The summed E-state index contributed by atoms with van der Waals surface area (Å²) in [5.41, 5.74) is 7.92. The second-order valence-electron chi connectivity index (χ2n) is 5.17. The van der Waals surface area contributed by atoms with Crippen LogP contribution in [0.5, 0.6) is 0 Å². The Balaban J connectivity index is 2.19. The number of esters is 1. The van der Waals surface area contributed by atoms with Gasteiger partial charge in [-0.3, -0.25) is 0 Å². The monoisotopic (exact) mass is 278 g/mol. The van der Waals surface area contributed by atoms with Gasteiger partial charge in [0.25, 0.3) is 0 Å². The van der Waals surface area contributed by atoms with Crippen LogP contribution in [0.2, 0.25) is 0 Å². The van der Waals surface area contributed by atoms with Crippen LogP contribution in [0.25, 0.3) is 0 Å². The van der Waals surface area contributed by atoms with Gasteiger partial charge in [-0.25, -0.2) is 4.79 Å². The number of anilines is 2. The molecule has 5 nitrogen and oxygen atoms in total. The smallest absolute Gasteiger partial charge is 0.340 e. The van der Waals surface area contributed by atoms with Crippen LogP contribution < -0.4 is 10.6 Å². The summed E-state index contributed by atoms with van der Waals surface area (Å²) in [7, 11) is 3.35. The Morgan fingerprint density at radius 2 is 2.15 bits per heavy atom. The van der Waals surface area contributed by atoms with E-state index in [2.05, 4.69) is 4.90 Å². The van der Waals surface area contributed by atoms with Crippen LogP contribution in [0.1, 0.15) is 23.2 Å². The Morgan fingerprint density at radius 3 is 2.80 bits per heavy atom. The minimum Gasteiger partial charge on any atom is -0.465 e. The quantitative estimate of drug-likeness (QED) is 0.673. The van der Waals surface area contributed by atoms with Crippen LogP contribution in [-0.2, 0) is 9.47 Å². The Hall–Kier alpha value is -1.75. The fraction of sp³-hybridized carbons (Fsp3) is 0.533. The largest absolute Gasteiger partial charge is 0.465 e. The van der Waals surface area contributed by atoms with E-state index in [1.165, 1.54) is 7.11 Å². The van der Waals surface area contributed by atoms with E-state index in [0.717, 1.165) is 38.3 Å². The lowest BCUT2D eigenvalue weighted by Gasteiger charge is -2.30. The zero-order chi connectivity index (χ0) is 14.5. The highest BCUT2D eigenvalue weighted by atomic mass is 16.5. The van der Waals surface area contributed by atoms with Crippen LogP contribution >= 0.6 is 0 Å². The van der Waals surface area contributed by atoms with E-state index in [9.17, 15) is 4.79 Å². The first-order chi connectivity index (χ1) is 9.63. The standard InChI is InChI=1S/C15H22N2O3/c1-17(10-11-6-8-20-9-7-11)14-12(15(18)19-2)4-3-5-13(14)16/h3-5,11H,6-10,16H2,1-2H3. The molecule has 2 rings (SSSR count). The first-order valence-electron chi connectivity index (χ1n) is 6.89. The van der Waals surface area contributed by atoms with E-state index in [1.54, 1.807) is 12.1 Å². The molecule has 0 aliphatic carbocycles. The van der Waals surface area contributed by atoms with Gasteiger partial charge in [-0.15, -0.1) is 0 Å². The van der Waals surface area contributed by atoms with Gasteiger partial charge in [0.1, 0.15) is 0 Å². The zero-order valence-electron chi connectivity index (χ0n) is 12.1. The van der Waals surface area contributed by atoms with E-state index in [1.807, 2.05) is 13.1 Å². The zero-order valence-corrected chi connectivity index (χ0v) is 12.1. The molecule has 0 aromatic heterocycles. The molecule has 5 heteroatoms. The number of rotatable bonds is 4. The minimum absolute atomic E-state index is 0.355. The van der Waals surface area contributed by atoms with E-state index in [0.29, 0.717) is 17.2 Å². The lowest BCUT2D eigenvalue weighted by atomic mass is 9.99. The predicted molar refractivity (Wildman–Crippen MR) is 79.0 cm³/mol. The number of nitrogen functional groups attached to an aromatic ring is 1. The molecule has 110 valence electrons. The van der Waals surface area contributed by atoms with Crippen LogP contribution in [0.15, 0.2) is 18.2 Å². The highest BCUT2D eigenvalue weighted by Gasteiger charge is 2.21. The summed E-state index contributed by atoms with van der Waals surface area (Å²) in [6, 6.07) is 5.33. The molecule has 1 fully saturated rings. The van der Waals surface area contributed by atoms with Crippen LogP contribution in [0.3, 0.4) is 0 Å². The fourth-order valence-corrected chi connectivity index (χ4v) is 2.67. The summed E-state index contributed by atoms with van der Waals surface area (Å²) in [5.74, 6) is 0.213. The Morgan fingerprint density at radius 1 is 1.45 bits per heavy atom. The lowest BCUT2D eigenvalue weighted by Crippen LogP contribution is -2.31. The number of methoxy groups -OCH3 is 1. The summed E-state index contributed by atoms with van der Waals surface area (Å²) in [6.07, 6.45) is 2.09. The van der Waals surface area contributed by atoms with Gasteiger partial charge in [0.05, 0.1) is 24.0 Å². The molecule has 0 radical (unpaired) electrons. The molecular weight excluding hydrogens is 256 g/mol. The Kier molecular flexibility index (Phi) is 4.84. The van der Waals surface area contributed by atoms with Crippen molar-refractivity contribution >= 4 is 17.3 Å². The van der Waals surface area contributed by atoms with E-state index in [-0.39, 0.29) is 5.97 Å². The molecule has 1 saturated heterocycles. The number of hydrogen-bond acceptors (Lipinski definition) is 5. The molecule has 1 aliphatic rings. The maximum atomic E-state index is 11.9. The third kappa shape index (κ3) is 3.22. The normalized spacial score (nSPS) is 15.9. The van der Waals surface area contributed by atoms with Crippen molar-refractivity contribution in [2.45, 2.75) is 12.8 Å². The molecule has 0 unspecified atom stereocenters. The fourth-order valence-electron chi connectivity index (χ4n) is 2.67. The maximum absolute atomic E-state index is 11.9. The summed E-state index contributed by atoms with van der Waals surface area (Å²) in [6.45, 7) is 2.49. The number of nitrogens with two attached hydrogens (primary N) is 1. The van der Waals surface area contributed by atoms with Crippen LogP contribution in [0, 0.1) is 5.92 Å². The van der Waals surface area contributed by atoms with Crippen molar-refractivity contribution < 1.29 is 14.3 Å². The molecule has 0 saturated carbocycles. The molecule has 1 heterocycles. The number of nitrogens with zero attached hydrogens (tertiary/aromatic N) is 1. The number of para-hydroxylation sites is 1. The van der Waals surface area contributed by atoms with Gasteiger partial charge in [-0.05, 0) is 30.9 Å². The number of ether oxygens (including phenoxy) is 2. The third-order valence-electron chi connectivity index (χ3n) is 3.73. The van der Waals surface area contributed by atoms with Crippen molar-refractivity contribution in [3.8, 4) is 0 Å². The van der Waals surface area contributed by atoms with Crippen LogP contribution in [0.4, 0.5) is 11.4 Å². The molecule has 0 bridgehead atoms. The van der Waals surface area contributed by atoms with Crippen molar-refractivity contribution in [3.05, 3.63) is 23.8 Å². The molecule has 0 atom stereocenters. The highest BCUT2D eigenvalue weighted by molar-refractivity contribution is 5.99. The molecular formula is C15H22N2O3. The van der Waals surface area contributed by atoms with Gasteiger partial charge >= 0.3 is 5.97 Å². The summed E-state index contributed by atoms with van der Waals surface area (Å²) in [4.78, 5) is 13.9. The second kappa shape index (κ2) is 6.61. The second-order valence-corrected chi connectivity index (χ2v) is 5.17. The Bertz CT molecular complexity index is 470. The highest BCUT2D eigenvalue weighted by Crippen LogP contribution is 2.29. The Labute approximate surface area is 119 Å². The number of carbonyl (C=O) groups is 1. The van der Waals surface area contributed by atoms with Gasteiger partial charge in [0, 0.05) is 26.8 Å². The van der Waals surface area contributed by atoms with Gasteiger partial charge in [-0.1, -0.05) is 6.07 Å². The molecule has 1 aromatic rings. The van der Waals surface area contributed by atoms with Gasteiger partial charge in [0.2, 0.25) is 0 Å². The SMILES string of the molecule is COC(=O)c1cccc(N)c1N(C)CC1CCOCC1. The molecule has 1 aliphatic heterocycles. The maximum Gasteiger partial charge on any atom is 0.340 e. The minimum atomic E-state index is -0.355. The summed E-state index contributed by atoms with van der Waals surface area (Å²) < 4.78 is 10.2. The average Bonchev–Trinajstić information content (AvgIpc) is 2.47. The molecule has 1 aromatic carbocycles. The lowest BCUT2D eigenvalue weighted by molar-refractivity contribution is 0.0600. The van der Waals surface area contributed by atoms with Crippen molar-refractivity contribution in [1.82, 2.24) is 0 Å². The van der Waals surface area contributed by atoms with Crippen LogP contribution in [-0.4, -0.2) is 39.9 Å². The van der Waals surface area contributed by atoms with Crippen molar-refractivity contribution in [3.63, 3.8) is 0 Å². The molecule has 0 spiro atoms. The predicted octanol–water partition coefficient (Wildman–Crippen LogP) is 1.92. The van der Waals surface area contributed by atoms with Gasteiger partial charge in [-0.2, -0.15) is 0 Å². The molecule has 20 heavy (non-hydrogen) atoms.